The van der Waals surface area contributed by atoms with Crippen molar-refractivity contribution in [3.63, 3.8) is 0 Å². The van der Waals surface area contributed by atoms with Crippen molar-refractivity contribution in [2.24, 2.45) is 0 Å². The van der Waals surface area contributed by atoms with Crippen LogP contribution in [0, 0.1) is 5.82 Å². The zero-order chi connectivity index (χ0) is 18.5. The standard InChI is InChI=1S/C17H20ClFN2O3Si/c1-5-24-17(23)10-8-21(9-6-7-9)16-11(13(10)22)14(25(2,3)4)12(19)15(18)20-16/h8-9H,5-7H2,1-4H3. The fourth-order valence-corrected chi connectivity index (χ4v) is 5.01. The minimum Gasteiger partial charge on any atom is -0.462 e. The third-order valence-corrected chi connectivity index (χ3v) is 6.47. The second-order valence-corrected chi connectivity index (χ2v) is 12.6. The van der Waals surface area contributed by atoms with Crippen LogP contribution in [0.25, 0.3) is 11.0 Å². The van der Waals surface area contributed by atoms with E-state index in [1.807, 2.05) is 19.6 Å². The summed E-state index contributed by atoms with van der Waals surface area (Å²) in [5.74, 6) is -1.35. The number of carbonyl (C=O) groups excluding carboxylic acids is 1. The number of aromatic nitrogens is 2. The van der Waals surface area contributed by atoms with Gasteiger partial charge in [-0.25, -0.2) is 14.2 Å². The molecule has 0 saturated heterocycles. The van der Waals surface area contributed by atoms with E-state index in [0.29, 0.717) is 10.8 Å². The molecule has 3 rings (SSSR count). The van der Waals surface area contributed by atoms with E-state index in [9.17, 15) is 14.0 Å². The molecule has 1 aliphatic carbocycles. The first kappa shape index (κ1) is 18.1. The summed E-state index contributed by atoms with van der Waals surface area (Å²) in [6.07, 6.45) is 3.31. The van der Waals surface area contributed by atoms with Crippen LogP contribution in [0.4, 0.5) is 4.39 Å². The molecule has 25 heavy (non-hydrogen) atoms. The van der Waals surface area contributed by atoms with Gasteiger partial charge in [-0.2, -0.15) is 0 Å². The molecule has 0 aromatic carbocycles. The van der Waals surface area contributed by atoms with Gasteiger partial charge in [0.1, 0.15) is 11.2 Å². The largest absolute Gasteiger partial charge is 0.462 e. The van der Waals surface area contributed by atoms with Crippen molar-refractivity contribution < 1.29 is 13.9 Å². The molecular formula is C17H20ClFN2O3Si. The molecule has 1 fully saturated rings. The van der Waals surface area contributed by atoms with Gasteiger partial charge in [-0.1, -0.05) is 31.2 Å². The summed E-state index contributed by atoms with van der Waals surface area (Å²) < 4.78 is 21.6. The van der Waals surface area contributed by atoms with E-state index in [0.717, 1.165) is 12.8 Å². The van der Waals surface area contributed by atoms with Gasteiger partial charge in [-0.3, -0.25) is 4.79 Å². The van der Waals surface area contributed by atoms with Crippen LogP contribution in [0.3, 0.4) is 0 Å². The van der Waals surface area contributed by atoms with Crippen LogP contribution in [-0.4, -0.2) is 30.2 Å². The molecule has 0 bridgehead atoms. The minimum absolute atomic E-state index is 0.0794. The Morgan fingerprint density at radius 3 is 2.60 bits per heavy atom. The van der Waals surface area contributed by atoms with Crippen molar-refractivity contribution >= 4 is 41.9 Å². The topological polar surface area (TPSA) is 61.2 Å². The lowest BCUT2D eigenvalue weighted by Gasteiger charge is -2.22. The van der Waals surface area contributed by atoms with Crippen molar-refractivity contribution in [3.05, 3.63) is 33.0 Å². The third kappa shape index (κ3) is 3.11. The number of pyridine rings is 2. The predicted molar refractivity (Wildman–Crippen MR) is 98.2 cm³/mol. The van der Waals surface area contributed by atoms with E-state index in [-0.39, 0.29) is 28.8 Å². The first-order valence-electron chi connectivity index (χ1n) is 8.28. The number of rotatable bonds is 4. The van der Waals surface area contributed by atoms with Gasteiger partial charge >= 0.3 is 5.97 Å². The van der Waals surface area contributed by atoms with Gasteiger partial charge in [0.25, 0.3) is 0 Å². The molecule has 0 amide bonds. The molecule has 1 aliphatic rings. The van der Waals surface area contributed by atoms with Crippen LogP contribution in [0.5, 0.6) is 0 Å². The number of nitrogens with zero attached hydrogens (tertiary/aromatic N) is 2. The second-order valence-electron chi connectivity index (χ2n) is 7.27. The normalized spacial score (nSPS) is 14.8. The van der Waals surface area contributed by atoms with Crippen molar-refractivity contribution in [3.8, 4) is 0 Å². The van der Waals surface area contributed by atoms with Gasteiger partial charge in [-0.05, 0) is 25.0 Å². The van der Waals surface area contributed by atoms with Gasteiger partial charge in [0.15, 0.2) is 11.0 Å². The van der Waals surface area contributed by atoms with Gasteiger partial charge < -0.3 is 9.30 Å². The van der Waals surface area contributed by atoms with Crippen LogP contribution >= 0.6 is 11.6 Å². The maximum atomic E-state index is 14.8. The zero-order valence-corrected chi connectivity index (χ0v) is 16.4. The summed E-state index contributed by atoms with van der Waals surface area (Å²) in [5.41, 5.74) is -0.264. The van der Waals surface area contributed by atoms with E-state index in [1.165, 1.54) is 6.20 Å². The van der Waals surface area contributed by atoms with Crippen molar-refractivity contribution in [2.45, 2.75) is 45.4 Å². The number of hydrogen-bond donors (Lipinski definition) is 0. The SMILES string of the molecule is CCOC(=O)c1cn(C2CC2)c2nc(Cl)c(F)c([Si](C)(C)C)c2c1=O. The average Bonchev–Trinajstić information content (AvgIpc) is 3.33. The van der Waals surface area contributed by atoms with Crippen molar-refractivity contribution in [2.75, 3.05) is 6.61 Å². The Labute approximate surface area is 150 Å². The smallest absolute Gasteiger partial charge is 0.343 e. The highest BCUT2D eigenvalue weighted by Crippen LogP contribution is 2.37. The van der Waals surface area contributed by atoms with E-state index in [2.05, 4.69) is 4.98 Å². The summed E-state index contributed by atoms with van der Waals surface area (Å²) in [7, 11) is -2.28. The average molecular weight is 383 g/mol. The number of halogens is 2. The highest BCUT2D eigenvalue weighted by molar-refractivity contribution is 6.90. The van der Waals surface area contributed by atoms with Gasteiger partial charge in [0.05, 0.1) is 20.1 Å². The molecule has 0 aliphatic heterocycles. The fourth-order valence-electron chi connectivity index (χ4n) is 3.01. The van der Waals surface area contributed by atoms with E-state index >= 15 is 0 Å². The predicted octanol–water partition coefficient (Wildman–Crippen LogP) is 3.25. The maximum absolute atomic E-state index is 14.8. The summed E-state index contributed by atoms with van der Waals surface area (Å²) >= 11 is 6.03. The molecule has 0 unspecified atom stereocenters. The molecule has 0 radical (unpaired) electrons. The molecule has 2 aromatic rings. The van der Waals surface area contributed by atoms with Crippen molar-refractivity contribution in [1.82, 2.24) is 9.55 Å². The van der Waals surface area contributed by atoms with Crippen molar-refractivity contribution in [1.29, 1.82) is 0 Å². The lowest BCUT2D eigenvalue weighted by molar-refractivity contribution is 0.0524. The van der Waals surface area contributed by atoms with Gasteiger partial charge in [0.2, 0.25) is 5.43 Å². The van der Waals surface area contributed by atoms with E-state index < -0.39 is 25.3 Å². The molecule has 0 N–H and O–H groups in total. The highest BCUT2D eigenvalue weighted by Gasteiger charge is 2.33. The third-order valence-electron chi connectivity index (χ3n) is 4.25. The Morgan fingerprint density at radius 2 is 2.08 bits per heavy atom. The number of hydrogen-bond acceptors (Lipinski definition) is 4. The molecule has 5 nitrogen and oxygen atoms in total. The molecule has 134 valence electrons. The van der Waals surface area contributed by atoms with Gasteiger partial charge in [0, 0.05) is 12.2 Å². The Balaban J connectivity index is 2.48. The Bertz CT molecular complexity index is 932. The molecule has 1 saturated carbocycles. The van der Waals surface area contributed by atoms with Crippen LogP contribution in [0.1, 0.15) is 36.2 Å². The lowest BCUT2D eigenvalue weighted by atomic mass is 10.2. The first-order valence-corrected chi connectivity index (χ1v) is 12.2. The van der Waals surface area contributed by atoms with Crippen LogP contribution in [0.15, 0.2) is 11.0 Å². The summed E-state index contributed by atoms with van der Waals surface area (Å²) in [6.45, 7) is 7.62. The Hall–Kier alpha value is -1.73. The molecular weight excluding hydrogens is 363 g/mol. The second kappa shape index (κ2) is 6.21. The molecule has 8 heteroatoms. The first-order chi connectivity index (χ1) is 11.7. The van der Waals surface area contributed by atoms with E-state index in [1.54, 1.807) is 11.5 Å². The number of fused-ring (bicyclic) bond motifs is 1. The number of carbonyl (C=O) groups is 1. The fraction of sp³-hybridized carbons (Fsp3) is 0.471. The Morgan fingerprint density at radius 1 is 1.44 bits per heavy atom. The highest BCUT2D eigenvalue weighted by atomic mass is 35.5. The van der Waals surface area contributed by atoms with Crippen LogP contribution < -0.4 is 10.6 Å². The Kier molecular flexibility index (Phi) is 4.49. The zero-order valence-electron chi connectivity index (χ0n) is 14.7. The monoisotopic (exact) mass is 382 g/mol. The van der Waals surface area contributed by atoms with Gasteiger partial charge in [-0.15, -0.1) is 0 Å². The summed E-state index contributed by atoms with van der Waals surface area (Å²) in [4.78, 5) is 29.4. The van der Waals surface area contributed by atoms with Crippen LogP contribution in [0.2, 0.25) is 24.8 Å². The molecule has 2 heterocycles. The van der Waals surface area contributed by atoms with Crippen LogP contribution in [-0.2, 0) is 4.74 Å². The molecule has 2 aromatic heterocycles. The number of ether oxygens (including phenoxy) is 1. The van der Waals surface area contributed by atoms with E-state index in [4.69, 9.17) is 16.3 Å². The minimum atomic E-state index is -2.28. The quantitative estimate of drug-likeness (QED) is 0.462. The maximum Gasteiger partial charge on any atom is 0.343 e. The summed E-state index contributed by atoms with van der Waals surface area (Å²) in [6, 6.07) is 0.139. The molecule has 0 atom stereocenters. The molecule has 0 spiro atoms. The lowest BCUT2D eigenvalue weighted by Crippen LogP contribution is -2.44. The summed E-state index contributed by atoms with van der Waals surface area (Å²) in [5, 5.41) is 0.245. The number of esters is 1.